The Morgan fingerprint density at radius 2 is 2.00 bits per heavy atom. The fourth-order valence-electron chi connectivity index (χ4n) is 2.92. The Hall–Kier alpha value is -1.53. The maximum Gasteiger partial charge on any atom is 0.136 e. The molecule has 1 fully saturated rings. The Kier molecular flexibility index (Phi) is 4.44. The van der Waals surface area contributed by atoms with Gasteiger partial charge in [-0.15, -0.1) is 0 Å². The zero-order valence-corrected chi connectivity index (χ0v) is 12.0. The summed E-state index contributed by atoms with van der Waals surface area (Å²) in [4.78, 5) is 2.55. The van der Waals surface area contributed by atoms with Crippen molar-refractivity contribution in [3.63, 3.8) is 0 Å². The summed E-state index contributed by atoms with van der Waals surface area (Å²) in [6.07, 6.45) is 3.88. The van der Waals surface area contributed by atoms with Gasteiger partial charge in [-0.05, 0) is 44.4 Å². The Morgan fingerprint density at radius 3 is 2.58 bits per heavy atom. The molecule has 102 valence electrons. The van der Waals surface area contributed by atoms with Gasteiger partial charge in [0.05, 0.1) is 12.7 Å². The van der Waals surface area contributed by atoms with Crippen LogP contribution in [-0.4, -0.2) is 24.1 Å². The van der Waals surface area contributed by atoms with Crippen molar-refractivity contribution in [1.82, 2.24) is 4.90 Å². The van der Waals surface area contributed by atoms with Crippen LogP contribution in [-0.2, 0) is 6.54 Å². The largest absolute Gasteiger partial charge is 0.495 e. The van der Waals surface area contributed by atoms with Gasteiger partial charge in [-0.25, -0.2) is 0 Å². The van der Waals surface area contributed by atoms with Crippen molar-refractivity contribution < 1.29 is 4.74 Å². The van der Waals surface area contributed by atoms with E-state index >= 15 is 0 Å². The number of ether oxygens (including phenoxy) is 1. The Morgan fingerprint density at radius 1 is 1.32 bits per heavy atom. The van der Waals surface area contributed by atoms with Crippen molar-refractivity contribution in [1.29, 1.82) is 5.26 Å². The minimum atomic E-state index is 0.603. The molecule has 0 amide bonds. The van der Waals surface area contributed by atoms with Crippen LogP contribution in [0.3, 0.4) is 0 Å². The maximum atomic E-state index is 9.01. The lowest BCUT2D eigenvalue weighted by molar-refractivity contribution is 0.0952. The minimum absolute atomic E-state index is 0.603. The van der Waals surface area contributed by atoms with Gasteiger partial charge in [0, 0.05) is 18.6 Å². The second-order valence-electron chi connectivity index (χ2n) is 5.45. The molecule has 2 atom stereocenters. The topological polar surface area (TPSA) is 36.3 Å². The first-order valence-corrected chi connectivity index (χ1v) is 6.98. The van der Waals surface area contributed by atoms with E-state index in [0.717, 1.165) is 6.54 Å². The lowest BCUT2D eigenvalue weighted by Crippen LogP contribution is -2.42. The van der Waals surface area contributed by atoms with Crippen LogP contribution in [0.25, 0.3) is 0 Å². The highest BCUT2D eigenvalue weighted by molar-refractivity contribution is 5.45. The summed E-state index contributed by atoms with van der Waals surface area (Å²) in [5, 5.41) is 9.01. The molecular weight excluding hydrogens is 236 g/mol. The van der Waals surface area contributed by atoms with Crippen molar-refractivity contribution in [3.8, 4) is 11.8 Å². The van der Waals surface area contributed by atoms with Crippen LogP contribution in [0.2, 0.25) is 0 Å². The van der Waals surface area contributed by atoms with Crippen LogP contribution in [0, 0.1) is 11.3 Å². The molecule has 1 aromatic rings. The molecule has 0 spiro atoms. The lowest BCUT2D eigenvalue weighted by Gasteiger charge is -2.39. The van der Waals surface area contributed by atoms with Crippen LogP contribution < -0.4 is 4.74 Å². The third kappa shape index (κ3) is 3.08. The molecule has 0 radical (unpaired) electrons. The number of methoxy groups -OCH3 is 1. The predicted octanol–water partition coefficient (Wildman–Crippen LogP) is 3.33. The van der Waals surface area contributed by atoms with E-state index < -0.39 is 0 Å². The number of likely N-dealkylation sites (tertiary alicyclic amines) is 1. The third-order valence-electron chi connectivity index (χ3n) is 4.13. The molecule has 0 aliphatic carbocycles. The zero-order chi connectivity index (χ0) is 13.8. The number of rotatable bonds is 3. The molecule has 1 aliphatic heterocycles. The van der Waals surface area contributed by atoms with E-state index in [1.807, 2.05) is 18.2 Å². The van der Waals surface area contributed by atoms with Gasteiger partial charge < -0.3 is 4.74 Å². The highest BCUT2D eigenvalue weighted by atomic mass is 16.5. The summed E-state index contributed by atoms with van der Waals surface area (Å²) in [6.45, 7) is 5.54. The van der Waals surface area contributed by atoms with E-state index in [9.17, 15) is 0 Å². The predicted molar refractivity (Wildman–Crippen MR) is 76.0 cm³/mol. The maximum absolute atomic E-state index is 9.01. The smallest absolute Gasteiger partial charge is 0.136 e. The SMILES string of the molecule is COc1cc(CN2C(C)CCCC2C)ccc1C#N. The van der Waals surface area contributed by atoms with Crippen molar-refractivity contribution >= 4 is 0 Å². The summed E-state index contributed by atoms with van der Waals surface area (Å²) in [6, 6.07) is 9.30. The van der Waals surface area contributed by atoms with Gasteiger partial charge in [0.25, 0.3) is 0 Å². The summed E-state index contributed by atoms with van der Waals surface area (Å²) in [5.74, 6) is 0.678. The van der Waals surface area contributed by atoms with Crippen LogP contribution in [0.4, 0.5) is 0 Å². The first kappa shape index (κ1) is 13.9. The van der Waals surface area contributed by atoms with E-state index in [2.05, 4.69) is 24.8 Å². The lowest BCUT2D eigenvalue weighted by atomic mass is 9.96. The van der Waals surface area contributed by atoms with Gasteiger partial charge in [0.2, 0.25) is 0 Å². The fraction of sp³-hybridized carbons (Fsp3) is 0.562. The van der Waals surface area contributed by atoms with Crippen molar-refractivity contribution in [2.45, 2.75) is 51.7 Å². The van der Waals surface area contributed by atoms with Crippen LogP contribution in [0.15, 0.2) is 18.2 Å². The van der Waals surface area contributed by atoms with E-state index in [-0.39, 0.29) is 0 Å². The highest BCUT2D eigenvalue weighted by Gasteiger charge is 2.24. The van der Waals surface area contributed by atoms with Gasteiger partial charge in [-0.2, -0.15) is 5.26 Å². The first-order valence-electron chi connectivity index (χ1n) is 6.98. The zero-order valence-electron chi connectivity index (χ0n) is 12.0. The van der Waals surface area contributed by atoms with Gasteiger partial charge in [0.1, 0.15) is 11.8 Å². The number of hydrogen-bond donors (Lipinski definition) is 0. The monoisotopic (exact) mass is 258 g/mol. The Bertz CT molecular complexity index is 468. The first-order chi connectivity index (χ1) is 9.15. The van der Waals surface area contributed by atoms with E-state index in [1.165, 1.54) is 24.8 Å². The normalized spacial score (nSPS) is 23.9. The van der Waals surface area contributed by atoms with E-state index in [1.54, 1.807) is 7.11 Å². The molecule has 2 rings (SSSR count). The van der Waals surface area contributed by atoms with Crippen LogP contribution in [0.1, 0.15) is 44.2 Å². The standard InChI is InChI=1S/C16H22N2O/c1-12-5-4-6-13(2)18(12)11-14-7-8-15(10-17)16(9-14)19-3/h7-9,12-13H,4-6,11H2,1-3H3. The molecule has 1 aromatic carbocycles. The van der Waals surface area contributed by atoms with Crippen LogP contribution in [0.5, 0.6) is 5.75 Å². The highest BCUT2D eigenvalue weighted by Crippen LogP contribution is 2.26. The summed E-state index contributed by atoms with van der Waals surface area (Å²) in [7, 11) is 1.62. The molecule has 3 heteroatoms. The van der Waals surface area contributed by atoms with Crippen molar-refractivity contribution in [3.05, 3.63) is 29.3 Å². The molecule has 2 unspecified atom stereocenters. The quantitative estimate of drug-likeness (QED) is 0.834. The summed E-state index contributed by atoms with van der Waals surface area (Å²) >= 11 is 0. The summed E-state index contributed by atoms with van der Waals surface area (Å²) < 4.78 is 5.28. The van der Waals surface area contributed by atoms with Crippen molar-refractivity contribution in [2.75, 3.05) is 7.11 Å². The van der Waals surface area contributed by atoms with Gasteiger partial charge in [-0.1, -0.05) is 12.5 Å². The van der Waals surface area contributed by atoms with Gasteiger partial charge >= 0.3 is 0 Å². The molecule has 3 nitrogen and oxygen atoms in total. The molecule has 0 aromatic heterocycles. The second kappa shape index (κ2) is 6.08. The molecule has 0 bridgehead atoms. The molecular formula is C16H22N2O. The average Bonchev–Trinajstić information content (AvgIpc) is 2.42. The third-order valence-corrected chi connectivity index (χ3v) is 4.13. The van der Waals surface area contributed by atoms with E-state index in [0.29, 0.717) is 23.4 Å². The van der Waals surface area contributed by atoms with Crippen LogP contribution >= 0.6 is 0 Å². The molecule has 0 N–H and O–H groups in total. The van der Waals surface area contributed by atoms with E-state index in [4.69, 9.17) is 10.00 Å². The average molecular weight is 258 g/mol. The molecule has 0 saturated carbocycles. The van der Waals surface area contributed by atoms with Gasteiger partial charge in [-0.3, -0.25) is 4.90 Å². The van der Waals surface area contributed by atoms with Crippen molar-refractivity contribution in [2.24, 2.45) is 0 Å². The second-order valence-corrected chi connectivity index (χ2v) is 5.45. The number of nitrogens with zero attached hydrogens (tertiary/aromatic N) is 2. The number of benzene rings is 1. The number of nitriles is 1. The molecule has 1 heterocycles. The Labute approximate surface area is 115 Å². The Balaban J connectivity index is 2.16. The fourth-order valence-corrected chi connectivity index (χ4v) is 2.92. The van der Waals surface area contributed by atoms with Gasteiger partial charge in [0.15, 0.2) is 0 Å². The molecule has 19 heavy (non-hydrogen) atoms. The molecule has 1 saturated heterocycles. The summed E-state index contributed by atoms with van der Waals surface area (Å²) in [5.41, 5.74) is 1.82. The molecule has 1 aliphatic rings. The number of piperidine rings is 1. The minimum Gasteiger partial charge on any atom is -0.495 e. The number of hydrogen-bond acceptors (Lipinski definition) is 3.